The fourth-order valence-corrected chi connectivity index (χ4v) is 2.87. The first kappa shape index (κ1) is 16.1. The number of rotatable bonds is 4. The molecule has 1 heterocycles. The topological polar surface area (TPSA) is 43.3 Å². The van der Waals surface area contributed by atoms with Crippen LogP contribution in [0.3, 0.4) is 0 Å². The molecule has 0 saturated carbocycles. The van der Waals surface area contributed by atoms with Gasteiger partial charge in [-0.2, -0.15) is 0 Å². The van der Waals surface area contributed by atoms with Crippen molar-refractivity contribution in [1.82, 2.24) is 4.57 Å². The number of nitrogens with one attached hydrogen (secondary N) is 1. The van der Waals surface area contributed by atoms with E-state index < -0.39 is 5.82 Å². The molecule has 0 bridgehead atoms. The van der Waals surface area contributed by atoms with E-state index in [4.69, 9.17) is 4.74 Å². The normalized spacial score (nSPS) is 12.2. The van der Waals surface area contributed by atoms with Gasteiger partial charge in [0.25, 0.3) is 0 Å². The van der Waals surface area contributed by atoms with Gasteiger partial charge in [0.1, 0.15) is 11.6 Å². The number of aryl methyl sites for hydroxylation is 1. The van der Waals surface area contributed by atoms with Crippen LogP contribution in [-0.2, 0) is 11.8 Å². The summed E-state index contributed by atoms with van der Waals surface area (Å²) in [6, 6.07) is 12.0. The Morgan fingerprint density at radius 3 is 2.75 bits per heavy atom. The van der Waals surface area contributed by atoms with Crippen LogP contribution in [0.5, 0.6) is 5.75 Å². The summed E-state index contributed by atoms with van der Waals surface area (Å²) in [4.78, 5) is 12.6. The van der Waals surface area contributed by atoms with Crippen LogP contribution in [0, 0.1) is 5.82 Å². The summed E-state index contributed by atoms with van der Waals surface area (Å²) in [6.45, 7) is 1.85. The third-order valence-electron chi connectivity index (χ3n) is 4.21. The van der Waals surface area contributed by atoms with Gasteiger partial charge >= 0.3 is 0 Å². The van der Waals surface area contributed by atoms with E-state index in [2.05, 4.69) is 5.32 Å². The second kappa shape index (κ2) is 6.35. The molecule has 5 heteroatoms. The quantitative estimate of drug-likeness (QED) is 0.785. The Kier molecular flexibility index (Phi) is 4.25. The van der Waals surface area contributed by atoms with Gasteiger partial charge in [0.15, 0.2) is 0 Å². The highest BCUT2D eigenvalue weighted by molar-refractivity contribution is 5.99. The molecular formula is C19H19FN2O2. The van der Waals surface area contributed by atoms with Crippen LogP contribution in [0.1, 0.15) is 18.4 Å². The van der Waals surface area contributed by atoms with E-state index >= 15 is 0 Å². The maximum absolute atomic E-state index is 13.3. The van der Waals surface area contributed by atoms with Crippen molar-refractivity contribution >= 4 is 22.5 Å². The number of aromatic nitrogens is 1. The minimum absolute atomic E-state index is 0.170. The number of benzene rings is 2. The van der Waals surface area contributed by atoms with Crippen LogP contribution in [-0.4, -0.2) is 17.6 Å². The predicted octanol–water partition coefficient (Wildman–Crippen LogP) is 4.07. The summed E-state index contributed by atoms with van der Waals surface area (Å²) in [7, 11) is 3.40. The average Bonchev–Trinajstić information content (AvgIpc) is 2.93. The van der Waals surface area contributed by atoms with Gasteiger partial charge in [0.2, 0.25) is 5.91 Å². The Hall–Kier alpha value is -2.82. The van der Waals surface area contributed by atoms with Gasteiger partial charge in [-0.15, -0.1) is 0 Å². The van der Waals surface area contributed by atoms with E-state index in [1.54, 1.807) is 0 Å². The molecule has 0 spiro atoms. The number of carbonyl (C=O) groups is 1. The lowest BCUT2D eigenvalue weighted by Gasteiger charge is -2.14. The van der Waals surface area contributed by atoms with Crippen molar-refractivity contribution in [2.24, 2.45) is 7.05 Å². The molecule has 0 saturated heterocycles. The number of carbonyl (C=O) groups excluding carboxylic acids is 1. The van der Waals surface area contributed by atoms with Crippen LogP contribution in [0.2, 0.25) is 0 Å². The lowest BCUT2D eigenvalue weighted by atomic mass is 9.99. The molecule has 1 N–H and O–H groups in total. The third-order valence-corrected chi connectivity index (χ3v) is 4.21. The van der Waals surface area contributed by atoms with E-state index in [9.17, 15) is 9.18 Å². The molecular weight excluding hydrogens is 307 g/mol. The first-order valence-corrected chi connectivity index (χ1v) is 7.69. The van der Waals surface area contributed by atoms with Gasteiger partial charge in [0.05, 0.1) is 18.7 Å². The Balaban J connectivity index is 1.90. The number of hydrogen-bond donors (Lipinski definition) is 1. The Morgan fingerprint density at radius 2 is 2.00 bits per heavy atom. The molecule has 0 aliphatic carbocycles. The highest BCUT2D eigenvalue weighted by Gasteiger charge is 2.21. The zero-order chi connectivity index (χ0) is 17.3. The monoisotopic (exact) mass is 326 g/mol. The SMILES string of the molecule is COc1cc(F)ccc1NC(=O)C(C)c1cn(C)c2ccccc12. The molecule has 4 nitrogen and oxygen atoms in total. The number of halogens is 1. The zero-order valence-electron chi connectivity index (χ0n) is 13.8. The molecule has 3 aromatic rings. The van der Waals surface area contributed by atoms with E-state index in [1.807, 2.05) is 49.0 Å². The summed E-state index contributed by atoms with van der Waals surface area (Å²) in [5, 5.41) is 3.87. The van der Waals surface area contributed by atoms with Crippen molar-refractivity contribution in [3.63, 3.8) is 0 Å². The van der Waals surface area contributed by atoms with Crippen molar-refractivity contribution < 1.29 is 13.9 Å². The minimum atomic E-state index is -0.410. The van der Waals surface area contributed by atoms with E-state index in [-0.39, 0.29) is 11.8 Å². The van der Waals surface area contributed by atoms with Gasteiger partial charge in [-0.1, -0.05) is 18.2 Å². The molecule has 0 fully saturated rings. The number of amides is 1. The van der Waals surface area contributed by atoms with Crippen LogP contribution in [0.4, 0.5) is 10.1 Å². The van der Waals surface area contributed by atoms with Gasteiger partial charge < -0.3 is 14.6 Å². The lowest BCUT2D eigenvalue weighted by Crippen LogP contribution is -2.19. The predicted molar refractivity (Wildman–Crippen MR) is 92.9 cm³/mol. The van der Waals surface area contributed by atoms with Crippen molar-refractivity contribution in [2.45, 2.75) is 12.8 Å². The van der Waals surface area contributed by atoms with Gasteiger partial charge in [-0.3, -0.25) is 4.79 Å². The van der Waals surface area contributed by atoms with Gasteiger partial charge in [0, 0.05) is 30.2 Å². The Morgan fingerprint density at radius 1 is 1.25 bits per heavy atom. The molecule has 3 rings (SSSR count). The summed E-state index contributed by atoms with van der Waals surface area (Å²) in [6.07, 6.45) is 1.97. The third kappa shape index (κ3) is 2.85. The molecule has 2 aromatic carbocycles. The molecule has 124 valence electrons. The average molecular weight is 326 g/mol. The fourth-order valence-electron chi connectivity index (χ4n) is 2.87. The smallest absolute Gasteiger partial charge is 0.231 e. The second-order valence-corrected chi connectivity index (χ2v) is 5.77. The van der Waals surface area contributed by atoms with Crippen molar-refractivity contribution in [2.75, 3.05) is 12.4 Å². The summed E-state index contributed by atoms with van der Waals surface area (Å²) in [5.41, 5.74) is 2.48. The molecule has 24 heavy (non-hydrogen) atoms. The van der Waals surface area contributed by atoms with Crippen LogP contribution in [0.25, 0.3) is 10.9 Å². The number of ether oxygens (including phenoxy) is 1. The molecule has 0 aliphatic rings. The molecule has 0 radical (unpaired) electrons. The van der Waals surface area contributed by atoms with E-state index in [1.165, 1.54) is 25.3 Å². The standard InChI is InChI=1S/C19H19FN2O2/c1-12(15-11-22(2)17-7-5-4-6-14(15)17)19(23)21-16-9-8-13(20)10-18(16)24-3/h4-12H,1-3H3,(H,21,23). The number of fused-ring (bicyclic) bond motifs is 1. The first-order valence-electron chi connectivity index (χ1n) is 7.69. The number of methoxy groups -OCH3 is 1. The van der Waals surface area contributed by atoms with E-state index in [0.717, 1.165) is 16.5 Å². The maximum Gasteiger partial charge on any atom is 0.231 e. The molecule has 0 aliphatic heterocycles. The van der Waals surface area contributed by atoms with E-state index in [0.29, 0.717) is 11.4 Å². The highest BCUT2D eigenvalue weighted by Crippen LogP contribution is 2.30. The Bertz CT molecular complexity index is 902. The minimum Gasteiger partial charge on any atom is -0.494 e. The molecule has 1 unspecified atom stereocenters. The maximum atomic E-state index is 13.3. The van der Waals surface area contributed by atoms with Crippen molar-refractivity contribution in [3.05, 3.63) is 60.0 Å². The van der Waals surface area contributed by atoms with Gasteiger partial charge in [-0.25, -0.2) is 4.39 Å². The summed E-state index contributed by atoms with van der Waals surface area (Å²) in [5.74, 6) is -0.637. The largest absolute Gasteiger partial charge is 0.494 e. The zero-order valence-corrected chi connectivity index (χ0v) is 13.8. The molecule has 1 atom stereocenters. The fraction of sp³-hybridized carbons (Fsp3) is 0.211. The lowest BCUT2D eigenvalue weighted by molar-refractivity contribution is -0.117. The number of anilines is 1. The Labute approximate surface area is 139 Å². The van der Waals surface area contributed by atoms with Crippen LogP contribution < -0.4 is 10.1 Å². The first-order chi connectivity index (χ1) is 11.5. The number of nitrogens with zero attached hydrogens (tertiary/aromatic N) is 1. The van der Waals surface area contributed by atoms with Crippen LogP contribution >= 0.6 is 0 Å². The second-order valence-electron chi connectivity index (χ2n) is 5.77. The summed E-state index contributed by atoms with van der Waals surface area (Å²) >= 11 is 0. The molecule has 1 aromatic heterocycles. The summed E-state index contributed by atoms with van der Waals surface area (Å²) < 4.78 is 20.4. The van der Waals surface area contributed by atoms with Crippen molar-refractivity contribution in [3.8, 4) is 5.75 Å². The van der Waals surface area contributed by atoms with Crippen LogP contribution in [0.15, 0.2) is 48.7 Å². The number of para-hydroxylation sites is 1. The van der Waals surface area contributed by atoms with Gasteiger partial charge in [-0.05, 0) is 30.7 Å². The molecule has 1 amide bonds. The number of hydrogen-bond acceptors (Lipinski definition) is 2. The van der Waals surface area contributed by atoms with Crippen molar-refractivity contribution in [1.29, 1.82) is 0 Å². The highest BCUT2D eigenvalue weighted by atomic mass is 19.1.